The smallest absolute Gasteiger partial charge is 0.326 e. The topological polar surface area (TPSA) is 257 Å². The fourth-order valence-corrected chi connectivity index (χ4v) is 3.86. The Kier molecular flexibility index (Phi) is 10.3. The molecule has 15 nitrogen and oxygen atoms in total. The van der Waals surface area contributed by atoms with E-state index in [0.717, 1.165) is 0 Å². The Hall–Kier alpha value is -4.01. The van der Waals surface area contributed by atoms with Crippen LogP contribution in [0.15, 0.2) is 12.5 Å². The third-order valence-corrected chi connectivity index (χ3v) is 5.76. The second-order valence-corrected chi connectivity index (χ2v) is 8.55. The van der Waals surface area contributed by atoms with E-state index < -0.39 is 59.7 Å². The van der Waals surface area contributed by atoms with Crippen molar-refractivity contribution in [3.8, 4) is 0 Å². The monoisotopic (exact) mass is 508 g/mol. The Bertz CT molecular complexity index is 967. The summed E-state index contributed by atoms with van der Waals surface area (Å²) in [6.45, 7) is 0.180. The molecule has 4 unspecified atom stereocenters. The van der Waals surface area contributed by atoms with E-state index in [1.165, 1.54) is 17.4 Å². The summed E-state index contributed by atoms with van der Waals surface area (Å²) in [7, 11) is 0. The van der Waals surface area contributed by atoms with E-state index in [2.05, 4.69) is 20.6 Å². The maximum Gasteiger partial charge on any atom is 0.326 e. The van der Waals surface area contributed by atoms with E-state index in [0.29, 0.717) is 12.1 Å². The highest BCUT2D eigenvalue weighted by Gasteiger charge is 2.39. The van der Waals surface area contributed by atoms with Gasteiger partial charge in [-0.3, -0.25) is 24.0 Å². The number of H-pyrrole nitrogens is 1. The number of nitrogens with two attached hydrogens (primary N) is 3. The Morgan fingerprint density at radius 2 is 1.72 bits per heavy atom. The molecule has 1 aromatic heterocycles. The molecule has 0 saturated carbocycles. The molecule has 198 valence electrons. The molecule has 10 N–H and O–H groups in total. The number of carboxylic acids is 1. The largest absolute Gasteiger partial charge is 0.480 e. The molecule has 0 aromatic carbocycles. The molecule has 1 aliphatic heterocycles. The quantitative estimate of drug-likeness (QED) is 0.134. The number of aromatic nitrogens is 2. The molecule has 1 aliphatic rings. The third-order valence-electron chi connectivity index (χ3n) is 5.76. The fraction of sp³-hybridized carbons (Fsp3) is 0.571. The number of amides is 5. The lowest BCUT2D eigenvalue weighted by atomic mass is 10.1. The molecule has 0 bridgehead atoms. The van der Waals surface area contributed by atoms with Crippen molar-refractivity contribution in [1.29, 1.82) is 0 Å². The minimum absolute atomic E-state index is 0.113. The molecule has 2 heterocycles. The van der Waals surface area contributed by atoms with Gasteiger partial charge in [0.1, 0.15) is 18.1 Å². The summed E-state index contributed by atoms with van der Waals surface area (Å²) >= 11 is 0. The van der Waals surface area contributed by atoms with Crippen molar-refractivity contribution >= 4 is 35.5 Å². The lowest BCUT2D eigenvalue weighted by molar-refractivity contribution is -0.145. The first-order chi connectivity index (χ1) is 17.0. The maximum atomic E-state index is 13.3. The van der Waals surface area contributed by atoms with Gasteiger partial charge < -0.3 is 42.8 Å². The van der Waals surface area contributed by atoms with Gasteiger partial charge in [-0.05, 0) is 25.7 Å². The predicted molar refractivity (Wildman–Crippen MR) is 123 cm³/mol. The minimum Gasteiger partial charge on any atom is -0.480 e. The first-order valence-electron chi connectivity index (χ1n) is 11.4. The molecule has 0 spiro atoms. The summed E-state index contributed by atoms with van der Waals surface area (Å²) in [6, 6.07) is -4.57. The number of rotatable bonds is 14. The summed E-state index contributed by atoms with van der Waals surface area (Å²) in [5, 5.41) is 14.2. The van der Waals surface area contributed by atoms with Crippen LogP contribution in [0, 0.1) is 0 Å². The number of carboxylic acid groups (broad SMARTS) is 1. The molecular weight excluding hydrogens is 476 g/mol. The molecule has 15 heteroatoms. The van der Waals surface area contributed by atoms with Gasteiger partial charge in [0.05, 0.1) is 12.4 Å². The zero-order chi connectivity index (χ0) is 26.8. The van der Waals surface area contributed by atoms with Gasteiger partial charge in [0.2, 0.25) is 29.5 Å². The van der Waals surface area contributed by atoms with E-state index in [1.807, 2.05) is 0 Å². The number of imidazole rings is 1. The number of likely N-dealkylation sites (tertiary alicyclic amines) is 1. The average molecular weight is 509 g/mol. The number of nitrogens with zero attached hydrogens (tertiary/aromatic N) is 2. The first-order valence-corrected chi connectivity index (χ1v) is 11.4. The van der Waals surface area contributed by atoms with Crippen LogP contribution in [0.3, 0.4) is 0 Å². The van der Waals surface area contributed by atoms with Gasteiger partial charge in [0.15, 0.2) is 0 Å². The third kappa shape index (κ3) is 8.33. The van der Waals surface area contributed by atoms with Crippen molar-refractivity contribution in [2.45, 2.75) is 69.1 Å². The number of hydrogen-bond acceptors (Lipinski definition) is 8. The van der Waals surface area contributed by atoms with E-state index in [-0.39, 0.29) is 45.1 Å². The van der Waals surface area contributed by atoms with E-state index in [9.17, 15) is 33.9 Å². The molecule has 36 heavy (non-hydrogen) atoms. The molecule has 4 atom stereocenters. The van der Waals surface area contributed by atoms with Crippen molar-refractivity contribution < 1.29 is 33.9 Å². The molecule has 1 saturated heterocycles. The molecule has 1 fully saturated rings. The van der Waals surface area contributed by atoms with Gasteiger partial charge in [0.25, 0.3) is 0 Å². The van der Waals surface area contributed by atoms with Crippen LogP contribution >= 0.6 is 0 Å². The molecule has 2 rings (SSSR count). The summed E-state index contributed by atoms with van der Waals surface area (Å²) in [6.07, 6.45) is 3.01. The second-order valence-electron chi connectivity index (χ2n) is 8.55. The summed E-state index contributed by atoms with van der Waals surface area (Å²) in [5.41, 5.74) is 16.8. The van der Waals surface area contributed by atoms with Crippen LogP contribution in [0.4, 0.5) is 0 Å². The highest BCUT2D eigenvalue weighted by atomic mass is 16.4. The first kappa shape index (κ1) is 28.2. The highest BCUT2D eigenvalue weighted by molar-refractivity contribution is 5.95. The lowest BCUT2D eigenvalue weighted by Crippen LogP contribution is -2.57. The van der Waals surface area contributed by atoms with Crippen molar-refractivity contribution in [2.75, 3.05) is 6.54 Å². The SMILES string of the molecule is NC(=O)CCC(NC(=O)C1CCCN1C(=O)C(CCC(N)=O)NC(=O)C(N)Cc1cnc[nH]1)C(=O)O. The maximum absolute atomic E-state index is 13.3. The number of carbonyl (C=O) groups is 6. The van der Waals surface area contributed by atoms with E-state index in [4.69, 9.17) is 17.2 Å². The normalized spacial score (nSPS) is 17.6. The van der Waals surface area contributed by atoms with Crippen LogP contribution in [-0.2, 0) is 35.2 Å². The molecular formula is C21H32N8O7. The molecule has 5 amide bonds. The minimum atomic E-state index is -1.37. The summed E-state index contributed by atoms with van der Waals surface area (Å²) in [4.78, 5) is 80.6. The Morgan fingerprint density at radius 3 is 2.28 bits per heavy atom. The molecule has 0 aliphatic carbocycles. The van der Waals surface area contributed by atoms with Crippen LogP contribution in [0.5, 0.6) is 0 Å². The summed E-state index contributed by atoms with van der Waals surface area (Å²) < 4.78 is 0. The Labute approximate surface area is 206 Å². The lowest BCUT2D eigenvalue weighted by Gasteiger charge is -2.30. The fourth-order valence-electron chi connectivity index (χ4n) is 3.86. The highest BCUT2D eigenvalue weighted by Crippen LogP contribution is 2.20. The standard InChI is InChI=1S/C21H32N8O7/c22-12(8-11-9-25-10-26-11)18(32)27-13(3-5-16(23)30)20(34)29-7-1-2-15(29)19(33)28-14(21(35)36)4-6-17(24)31/h9-10,12-15H,1-8,22H2,(H2,23,30)(H2,24,31)(H,25,26)(H,27,32)(H,28,33)(H,35,36). The zero-order valence-corrected chi connectivity index (χ0v) is 19.6. The van der Waals surface area contributed by atoms with E-state index >= 15 is 0 Å². The molecule has 0 radical (unpaired) electrons. The van der Waals surface area contributed by atoms with Gasteiger partial charge in [-0.25, -0.2) is 9.78 Å². The number of nitrogens with one attached hydrogen (secondary N) is 3. The van der Waals surface area contributed by atoms with Crippen LogP contribution in [0.2, 0.25) is 0 Å². The number of carbonyl (C=O) groups excluding carboxylic acids is 5. The number of primary amides is 2. The number of aliphatic carboxylic acids is 1. The van der Waals surface area contributed by atoms with Gasteiger partial charge in [-0.1, -0.05) is 0 Å². The Balaban J connectivity index is 2.10. The van der Waals surface area contributed by atoms with Crippen molar-refractivity contribution in [2.24, 2.45) is 17.2 Å². The van der Waals surface area contributed by atoms with Crippen molar-refractivity contribution in [3.63, 3.8) is 0 Å². The van der Waals surface area contributed by atoms with Crippen molar-refractivity contribution in [1.82, 2.24) is 25.5 Å². The summed E-state index contributed by atoms with van der Waals surface area (Å²) in [5.74, 6) is -4.73. The van der Waals surface area contributed by atoms with Gasteiger partial charge >= 0.3 is 5.97 Å². The van der Waals surface area contributed by atoms with Gasteiger partial charge in [-0.15, -0.1) is 0 Å². The molecule has 1 aromatic rings. The van der Waals surface area contributed by atoms with Crippen LogP contribution in [0.25, 0.3) is 0 Å². The predicted octanol–water partition coefficient (Wildman–Crippen LogP) is -3.14. The van der Waals surface area contributed by atoms with Crippen LogP contribution in [-0.4, -0.2) is 86.2 Å². The van der Waals surface area contributed by atoms with Crippen LogP contribution in [0.1, 0.15) is 44.2 Å². The van der Waals surface area contributed by atoms with Crippen LogP contribution < -0.4 is 27.8 Å². The zero-order valence-electron chi connectivity index (χ0n) is 19.6. The number of aromatic amines is 1. The number of hydrogen-bond donors (Lipinski definition) is 7. The van der Waals surface area contributed by atoms with E-state index in [1.54, 1.807) is 0 Å². The second kappa shape index (κ2) is 13.2. The van der Waals surface area contributed by atoms with Gasteiger partial charge in [0, 0.05) is 37.7 Å². The average Bonchev–Trinajstić information content (AvgIpc) is 3.50. The van der Waals surface area contributed by atoms with Gasteiger partial charge in [-0.2, -0.15) is 0 Å². The van der Waals surface area contributed by atoms with Crippen molar-refractivity contribution in [3.05, 3.63) is 18.2 Å². The Morgan fingerprint density at radius 1 is 1.08 bits per heavy atom.